The Kier molecular flexibility index (Phi) is 12.2. The summed E-state index contributed by atoms with van der Waals surface area (Å²) in [5.74, 6) is -2.18. The van der Waals surface area contributed by atoms with Gasteiger partial charge in [-0.2, -0.15) is 13.2 Å². The number of rotatable bonds is 6. The Morgan fingerprint density at radius 1 is 0.926 bits per heavy atom. The van der Waals surface area contributed by atoms with Crippen molar-refractivity contribution in [2.45, 2.75) is 126 Å². The number of ether oxygens (including phenoxy) is 2. The number of amides is 4. The van der Waals surface area contributed by atoms with Gasteiger partial charge < -0.3 is 39.7 Å². The summed E-state index contributed by atoms with van der Waals surface area (Å²) in [5, 5.41) is 5.77. The fourth-order valence-electron chi connectivity index (χ4n) is 8.08. The summed E-state index contributed by atoms with van der Waals surface area (Å²) in [5.41, 5.74) is -0.688. The standard InChI is InChI=1S/C36H49F3N5O9P/c37-36(38,39)23-15-16-29(43-17-9-4-10-18-43)28(19-23)41-34(48)53-26-20-30-31(45)42-35(54(49,50)51)21-24(35)11-5-2-1-3-6-14-27(32(46)44(30)22-26)40-33(47)52-25-12-7-8-13-25/h5,11,15-16,19,24-27,30H,1-4,6-10,12-14,17-18,20-22H2,(H,40,47)(H,41,48)(H,42,45)(H2,49,50,51)/b11-5-/t24-,26+,27-,30-,35-/m0/s1. The molecule has 4 fully saturated rings. The first-order valence-electron chi connectivity index (χ1n) is 18.9. The maximum atomic E-state index is 14.3. The normalized spacial score (nSPS) is 29.2. The minimum Gasteiger partial charge on any atom is -0.446 e. The maximum Gasteiger partial charge on any atom is 0.416 e. The number of nitrogens with one attached hydrogen (secondary N) is 3. The summed E-state index contributed by atoms with van der Waals surface area (Å²) in [6.07, 6.45) is 3.86. The highest BCUT2D eigenvalue weighted by molar-refractivity contribution is 7.54. The van der Waals surface area contributed by atoms with Gasteiger partial charge in [-0.3, -0.25) is 19.5 Å². The van der Waals surface area contributed by atoms with Crippen LogP contribution in [-0.4, -0.2) is 87.9 Å². The van der Waals surface area contributed by atoms with Crippen molar-refractivity contribution in [2.24, 2.45) is 5.92 Å². The van der Waals surface area contributed by atoms with Crippen LogP contribution in [0.3, 0.4) is 0 Å². The second kappa shape index (κ2) is 16.5. The molecule has 2 saturated heterocycles. The van der Waals surface area contributed by atoms with E-state index in [1.165, 1.54) is 6.07 Å². The number of anilines is 2. The Morgan fingerprint density at radius 3 is 2.31 bits per heavy atom. The highest BCUT2D eigenvalue weighted by Crippen LogP contribution is 2.67. The van der Waals surface area contributed by atoms with Crippen LogP contribution in [0.4, 0.5) is 34.1 Å². The molecular formula is C36H49F3N5O9P. The lowest BCUT2D eigenvalue weighted by Gasteiger charge is -2.31. The SMILES string of the molecule is O=C(N[C@H]1CCCCC/C=C\[C@H]2C[C@@]2(P(=O)(O)O)NC(=O)[C@@H]2C[C@@H](OC(=O)Nc3cc(C(F)(F)F)ccc3N3CCCCC3)CN2C1=O)OC1CCCC1. The van der Waals surface area contributed by atoms with Gasteiger partial charge in [0.2, 0.25) is 11.8 Å². The Balaban J connectivity index is 1.24. The second-order valence-electron chi connectivity index (χ2n) is 15.0. The summed E-state index contributed by atoms with van der Waals surface area (Å²) >= 11 is 0. The molecule has 5 aliphatic rings. The van der Waals surface area contributed by atoms with Gasteiger partial charge in [0.15, 0.2) is 0 Å². The van der Waals surface area contributed by atoms with E-state index in [0.717, 1.165) is 49.1 Å². The molecule has 2 aliphatic carbocycles. The third-order valence-electron chi connectivity index (χ3n) is 11.1. The molecule has 298 valence electrons. The van der Waals surface area contributed by atoms with E-state index in [2.05, 4.69) is 16.0 Å². The number of alkyl halides is 3. The van der Waals surface area contributed by atoms with Crippen LogP contribution in [0, 0.1) is 5.92 Å². The summed E-state index contributed by atoms with van der Waals surface area (Å²) in [7, 11) is -4.90. The van der Waals surface area contributed by atoms with Crippen LogP contribution >= 0.6 is 7.60 Å². The number of alkyl carbamates (subject to hydrolysis) is 1. The van der Waals surface area contributed by atoms with Crippen LogP contribution in [0.15, 0.2) is 30.4 Å². The number of hydrogen-bond acceptors (Lipinski definition) is 8. The number of carbonyl (C=O) groups excluding carboxylic acids is 4. The zero-order chi connectivity index (χ0) is 38.7. The average molecular weight is 784 g/mol. The number of fused-ring (bicyclic) bond motifs is 2. The molecule has 4 amide bonds. The number of nitrogens with zero attached hydrogens (tertiary/aromatic N) is 2. The smallest absolute Gasteiger partial charge is 0.416 e. The van der Waals surface area contributed by atoms with E-state index in [1.807, 2.05) is 11.0 Å². The molecule has 1 aromatic carbocycles. The average Bonchev–Trinajstić information content (AvgIpc) is 3.38. The van der Waals surface area contributed by atoms with Crippen LogP contribution in [0.25, 0.3) is 0 Å². The van der Waals surface area contributed by atoms with E-state index in [-0.39, 0.29) is 37.6 Å². The summed E-state index contributed by atoms with van der Waals surface area (Å²) in [6, 6.07) is 0.613. The summed E-state index contributed by atoms with van der Waals surface area (Å²) in [4.78, 5) is 78.2. The van der Waals surface area contributed by atoms with E-state index in [1.54, 1.807) is 6.08 Å². The molecule has 0 bridgehead atoms. The first kappa shape index (κ1) is 39.9. The molecule has 6 rings (SSSR count). The van der Waals surface area contributed by atoms with Crippen molar-refractivity contribution in [1.29, 1.82) is 0 Å². The molecule has 18 heteroatoms. The molecule has 0 spiro atoms. The van der Waals surface area contributed by atoms with Crippen LogP contribution in [0.1, 0.15) is 95.5 Å². The van der Waals surface area contributed by atoms with Crippen LogP contribution in [0.2, 0.25) is 0 Å². The van der Waals surface area contributed by atoms with Crippen LogP contribution in [0.5, 0.6) is 0 Å². The molecule has 14 nitrogen and oxygen atoms in total. The first-order valence-corrected chi connectivity index (χ1v) is 20.5. The van der Waals surface area contributed by atoms with E-state index >= 15 is 0 Å². The molecule has 3 aliphatic heterocycles. The highest BCUT2D eigenvalue weighted by atomic mass is 31.2. The number of piperidine rings is 1. The fourth-order valence-corrected chi connectivity index (χ4v) is 9.29. The lowest BCUT2D eigenvalue weighted by molar-refractivity contribution is -0.140. The Hall–Kier alpha value is -3.82. The molecular weight excluding hydrogens is 734 g/mol. The third kappa shape index (κ3) is 9.34. The van der Waals surface area contributed by atoms with Gasteiger partial charge in [-0.25, -0.2) is 9.59 Å². The number of carbonyl (C=O) groups is 4. The molecule has 0 radical (unpaired) electrons. The number of hydrogen-bond donors (Lipinski definition) is 5. The van der Waals surface area contributed by atoms with Gasteiger partial charge in [-0.05, 0) is 88.8 Å². The van der Waals surface area contributed by atoms with Crippen molar-refractivity contribution >= 4 is 43.0 Å². The van der Waals surface area contributed by atoms with Crippen molar-refractivity contribution < 1.29 is 56.2 Å². The van der Waals surface area contributed by atoms with Gasteiger partial charge in [-0.15, -0.1) is 0 Å². The molecule has 5 N–H and O–H groups in total. The topological polar surface area (TPSA) is 187 Å². The minimum atomic E-state index is -4.90. The number of benzene rings is 1. The van der Waals surface area contributed by atoms with Crippen LogP contribution < -0.4 is 20.9 Å². The minimum absolute atomic E-state index is 0.0178. The lowest BCUT2D eigenvalue weighted by atomic mass is 10.0. The quantitative estimate of drug-likeness (QED) is 0.175. The molecule has 3 heterocycles. The molecule has 1 aromatic rings. The van der Waals surface area contributed by atoms with Gasteiger partial charge in [-0.1, -0.05) is 25.0 Å². The van der Waals surface area contributed by atoms with Crippen molar-refractivity contribution in [3.05, 3.63) is 35.9 Å². The fraction of sp³-hybridized carbons (Fsp3) is 0.667. The Bertz CT molecular complexity index is 1650. The Morgan fingerprint density at radius 2 is 1.61 bits per heavy atom. The van der Waals surface area contributed by atoms with Gasteiger partial charge in [0.1, 0.15) is 29.6 Å². The molecule has 54 heavy (non-hydrogen) atoms. The van der Waals surface area contributed by atoms with Gasteiger partial charge in [0.25, 0.3) is 0 Å². The van der Waals surface area contributed by atoms with Crippen molar-refractivity contribution in [1.82, 2.24) is 15.5 Å². The highest BCUT2D eigenvalue weighted by Gasteiger charge is 2.66. The van der Waals surface area contributed by atoms with Crippen molar-refractivity contribution in [3.63, 3.8) is 0 Å². The zero-order valence-electron chi connectivity index (χ0n) is 30.0. The second-order valence-corrected chi connectivity index (χ2v) is 16.9. The molecule has 0 unspecified atom stereocenters. The molecule has 5 atom stereocenters. The van der Waals surface area contributed by atoms with Gasteiger partial charge in [0, 0.05) is 25.4 Å². The molecule has 2 saturated carbocycles. The Labute approximate surface area is 311 Å². The summed E-state index contributed by atoms with van der Waals surface area (Å²) in [6.45, 7) is 0.845. The van der Waals surface area contributed by atoms with E-state index in [0.29, 0.717) is 57.3 Å². The van der Waals surface area contributed by atoms with Gasteiger partial charge >= 0.3 is 26.0 Å². The predicted octanol–water partition coefficient (Wildman–Crippen LogP) is 5.78. The van der Waals surface area contributed by atoms with Gasteiger partial charge in [0.05, 0.1) is 23.5 Å². The maximum absolute atomic E-state index is 14.3. The van der Waals surface area contributed by atoms with Crippen LogP contribution in [-0.2, 0) is 29.8 Å². The van der Waals surface area contributed by atoms with Crippen molar-refractivity contribution in [3.8, 4) is 0 Å². The number of allylic oxidation sites excluding steroid dienone is 1. The predicted molar refractivity (Wildman–Crippen MR) is 190 cm³/mol. The molecule has 0 aromatic heterocycles. The number of halogens is 3. The van der Waals surface area contributed by atoms with Crippen molar-refractivity contribution in [2.75, 3.05) is 29.9 Å². The first-order chi connectivity index (χ1) is 25.6. The van der Waals surface area contributed by atoms with E-state index in [4.69, 9.17) is 9.47 Å². The van der Waals surface area contributed by atoms with E-state index < -0.39 is 72.7 Å². The summed E-state index contributed by atoms with van der Waals surface area (Å²) < 4.78 is 65.1. The van der Waals surface area contributed by atoms with E-state index in [9.17, 15) is 46.7 Å². The third-order valence-corrected chi connectivity index (χ3v) is 12.8. The largest absolute Gasteiger partial charge is 0.446 e. The monoisotopic (exact) mass is 783 g/mol. The lowest BCUT2D eigenvalue weighted by Crippen LogP contribution is -2.55. The zero-order valence-corrected chi connectivity index (χ0v) is 30.9.